The van der Waals surface area contributed by atoms with Crippen molar-refractivity contribution in [1.29, 1.82) is 0 Å². The second-order valence-electron chi connectivity index (χ2n) is 5.96. The lowest BCUT2D eigenvalue weighted by atomic mass is 10.1. The number of carbonyl (C=O) groups excluding carboxylic acids is 1. The van der Waals surface area contributed by atoms with Crippen LogP contribution < -0.4 is 10.7 Å². The van der Waals surface area contributed by atoms with Crippen LogP contribution in [0, 0.1) is 6.92 Å². The van der Waals surface area contributed by atoms with Crippen LogP contribution in [0.4, 0.5) is 0 Å². The molecule has 0 radical (unpaired) electrons. The van der Waals surface area contributed by atoms with Gasteiger partial charge in [0.05, 0.1) is 18.6 Å². The summed E-state index contributed by atoms with van der Waals surface area (Å²) in [6, 6.07) is 3.85. The molecule has 9 heteroatoms. The minimum absolute atomic E-state index is 0.0249. The van der Waals surface area contributed by atoms with E-state index in [9.17, 15) is 24.9 Å². The minimum Gasteiger partial charge on any atom is -0.504 e. The number of hydrogen-bond acceptors (Lipinski definition) is 7. The van der Waals surface area contributed by atoms with Crippen molar-refractivity contribution in [2.45, 2.75) is 20.8 Å². The number of phenols is 2. The Morgan fingerprint density at radius 1 is 1.04 bits per heavy atom. The summed E-state index contributed by atoms with van der Waals surface area (Å²) in [6.45, 7) is 6.58. The quantitative estimate of drug-likeness (QED) is 0.390. The third kappa shape index (κ3) is 4.90. The maximum absolute atomic E-state index is 12.5. The van der Waals surface area contributed by atoms with Gasteiger partial charge in [-0.05, 0) is 43.9 Å². The van der Waals surface area contributed by atoms with E-state index in [1.54, 1.807) is 6.92 Å². The van der Waals surface area contributed by atoms with Crippen molar-refractivity contribution in [3.63, 3.8) is 0 Å². The summed E-state index contributed by atoms with van der Waals surface area (Å²) in [5.74, 6) is -2.29. The molecule has 0 heterocycles. The summed E-state index contributed by atoms with van der Waals surface area (Å²) < 4.78 is 10.9. The first-order valence-electron chi connectivity index (χ1n) is 8.84. The van der Waals surface area contributed by atoms with Gasteiger partial charge in [-0.2, -0.15) is 0 Å². The first-order valence-corrected chi connectivity index (χ1v) is 10.2. The van der Waals surface area contributed by atoms with Crippen LogP contribution in [0.1, 0.15) is 29.8 Å². The number of amides is 1. The van der Waals surface area contributed by atoms with Crippen LogP contribution in [0.25, 0.3) is 10.8 Å². The van der Waals surface area contributed by atoms with Crippen LogP contribution in [-0.4, -0.2) is 47.1 Å². The first-order chi connectivity index (χ1) is 13.3. The zero-order valence-electron chi connectivity index (χ0n) is 16.0. The standard InChI is InChI=1S/C19H24NO7P/c1-4-26-28(27-5-2)7-6-20-19(25)13-9-12-8-11(3)16(22)18(24)15(12)17(23)14(21)10-13/h8-10,22,24H,4-7H2,1-3H3,(H,20,25)(H,21,23). The minimum atomic E-state index is -1.10. The van der Waals surface area contributed by atoms with Crippen LogP contribution in [-0.2, 0) is 9.05 Å². The highest BCUT2D eigenvalue weighted by atomic mass is 31.2. The van der Waals surface area contributed by atoms with Crippen molar-refractivity contribution >= 4 is 25.1 Å². The van der Waals surface area contributed by atoms with Crippen LogP contribution in [0.5, 0.6) is 17.2 Å². The molecule has 0 unspecified atom stereocenters. The fourth-order valence-corrected chi connectivity index (χ4v) is 3.87. The summed E-state index contributed by atoms with van der Waals surface area (Å²) in [5, 5.41) is 32.9. The van der Waals surface area contributed by atoms with E-state index in [1.807, 2.05) is 13.8 Å². The molecule has 0 saturated carbocycles. The van der Waals surface area contributed by atoms with E-state index >= 15 is 0 Å². The SMILES string of the molecule is CCOP(CCNC(=O)c1cc(=O)c(O)c2c(O)c(O)c(C)cc2c1)OCC. The largest absolute Gasteiger partial charge is 0.504 e. The van der Waals surface area contributed by atoms with E-state index in [2.05, 4.69) is 5.32 Å². The lowest BCUT2D eigenvalue weighted by molar-refractivity contribution is 0.0956. The van der Waals surface area contributed by atoms with Gasteiger partial charge in [-0.15, -0.1) is 0 Å². The van der Waals surface area contributed by atoms with Crippen molar-refractivity contribution in [1.82, 2.24) is 5.32 Å². The Labute approximate surface area is 163 Å². The van der Waals surface area contributed by atoms with E-state index in [4.69, 9.17) is 9.05 Å². The zero-order chi connectivity index (χ0) is 20.8. The molecule has 1 amide bonds. The van der Waals surface area contributed by atoms with Crippen molar-refractivity contribution in [3.8, 4) is 17.2 Å². The van der Waals surface area contributed by atoms with E-state index in [1.165, 1.54) is 12.1 Å². The van der Waals surface area contributed by atoms with Gasteiger partial charge >= 0.3 is 0 Å². The molecular formula is C19H24NO7P. The van der Waals surface area contributed by atoms with Crippen LogP contribution >= 0.6 is 8.38 Å². The number of carbonyl (C=O) groups is 1. The maximum Gasteiger partial charge on any atom is 0.251 e. The van der Waals surface area contributed by atoms with Crippen LogP contribution in [0.3, 0.4) is 0 Å². The van der Waals surface area contributed by atoms with Crippen molar-refractivity contribution in [2.75, 3.05) is 25.9 Å². The van der Waals surface area contributed by atoms with Gasteiger partial charge in [0.25, 0.3) is 5.91 Å². The summed E-state index contributed by atoms with van der Waals surface area (Å²) in [5.41, 5.74) is -0.477. The highest BCUT2D eigenvalue weighted by Gasteiger charge is 2.17. The molecule has 0 aliphatic rings. The van der Waals surface area contributed by atoms with Gasteiger partial charge in [0.2, 0.25) is 5.43 Å². The molecule has 2 aromatic carbocycles. The summed E-state index contributed by atoms with van der Waals surface area (Å²) in [7, 11) is -1.10. The molecule has 0 aromatic heterocycles. The van der Waals surface area contributed by atoms with E-state index in [-0.39, 0.29) is 22.9 Å². The van der Waals surface area contributed by atoms with Gasteiger partial charge < -0.3 is 29.7 Å². The van der Waals surface area contributed by atoms with Crippen LogP contribution in [0.15, 0.2) is 23.0 Å². The second kappa shape index (κ2) is 9.68. The smallest absolute Gasteiger partial charge is 0.251 e. The molecule has 8 nitrogen and oxygen atoms in total. The van der Waals surface area contributed by atoms with Crippen molar-refractivity contribution in [3.05, 3.63) is 39.5 Å². The number of fused-ring (bicyclic) bond motifs is 1. The lowest BCUT2D eigenvalue weighted by Crippen LogP contribution is -2.26. The van der Waals surface area contributed by atoms with Crippen molar-refractivity contribution in [2.24, 2.45) is 0 Å². The average molecular weight is 409 g/mol. The van der Waals surface area contributed by atoms with Crippen LogP contribution in [0.2, 0.25) is 0 Å². The topological polar surface area (TPSA) is 125 Å². The van der Waals surface area contributed by atoms with Gasteiger partial charge in [-0.3, -0.25) is 9.59 Å². The third-order valence-corrected chi connectivity index (χ3v) is 5.63. The summed E-state index contributed by atoms with van der Waals surface area (Å²) >= 11 is 0. The average Bonchev–Trinajstić information content (AvgIpc) is 2.77. The molecule has 0 spiro atoms. The molecule has 0 saturated heterocycles. The Hall–Kier alpha value is -2.41. The maximum atomic E-state index is 12.5. The number of aromatic hydroxyl groups is 3. The predicted molar refractivity (Wildman–Crippen MR) is 107 cm³/mol. The molecule has 0 aliphatic carbocycles. The molecule has 0 atom stereocenters. The second-order valence-corrected chi connectivity index (χ2v) is 7.59. The lowest BCUT2D eigenvalue weighted by Gasteiger charge is -2.15. The Bertz CT molecular complexity index is 926. The molecular weight excluding hydrogens is 385 g/mol. The number of phenolic OH excluding ortho intramolecular Hbond substituents is 2. The first kappa shape index (κ1) is 21.9. The van der Waals surface area contributed by atoms with Gasteiger partial charge in [0.15, 0.2) is 25.6 Å². The number of benzene rings is 1. The molecule has 0 fully saturated rings. The third-order valence-electron chi connectivity index (χ3n) is 3.95. The molecule has 28 heavy (non-hydrogen) atoms. The van der Waals surface area contributed by atoms with Gasteiger partial charge in [0.1, 0.15) is 0 Å². The van der Waals surface area contributed by atoms with Gasteiger partial charge in [-0.1, -0.05) is 0 Å². The Morgan fingerprint density at radius 2 is 1.68 bits per heavy atom. The van der Waals surface area contributed by atoms with Crippen molar-refractivity contribution < 1.29 is 29.2 Å². The molecule has 4 N–H and O–H groups in total. The van der Waals surface area contributed by atoms with Gasteiger partial charge in [0, 0.05) is 24.3 Å². The number of aryl methyl sites for hydroxylation is 1. The highest BCUT2D eigenvalue weighted by molar-refractivity contribution is 7.47. The zero-order valence-corrected chi connectivity index (χ0v) is 16.9. The Kier molecular flexibility index (Phi) is 7.57. The Morgan fingerprint density at radius 3 is 2.29 bits per heavy atom. The monoisotopic (exact) mass is 409 g/mol. The predicted octanol–water partition coefficient (Wildman–Crippen LogP) is 2.74. The van der Waals surface area contributed by atoms with E-state index < -0.39 is 37.0 Å². The summed E-state index contributed by atoms with van der Waals surface area (Å²) in [6.07, 6.45) is 0.492. The van der Waals surface area contributed by atoms with Gasteiger partial charge in [-0.25, -0.2) is 0 Å². The molecule has 2 aromatic rings. The molecule has 0 bridgehead atoms. The number of hydrogen-bond donors (Lipinski definition) is 4. The summed E-state index contributed by atoms with van der Waals surface area (Å²) in [4.78, 5) is 24.7. The fraction of sp³-hybridized carbons (Fsp3) is 0.368. The molecule has 0 aliphatic heterocycles. The van der Waals surface area contributed by atoms with E-state index in [0.717, 1.165) is 6.07 Å². The van der Waals surface area contributed by atoms with E-state index in [0.29, 0.717) is 24.9 Å². The number of nitrogens with one attached hydrogen (secondary N) is 1. The highest BCUT2D eigenvalue weighted by Crippen LogP contribution is 2.40. The fourth-order valence-electron chi connectivity index (χ4n) is 2.67. The normalized spacial score (nSPS) is 11.1. The number of rotatable bonds is 8. The molecule has 152 valence electrons. The molecule has 2 rings (SSSR count). The Balaban J connectivity index is 2.32.